The number of pyridine rings is 2. The third-order valence-electron chi connectivity index (χ3n) is 4.07. The van der Waals surface area contributed by atoms with Crippen LogP contribution < -0.4 is 5.32 Å². The van der Waals surface area contributed by atoms with Crippen LogP contribution in [0.5, 0.6) is 0 Å². The van der Waals surface area contributed by atoms with Gasteiger partial charge in [-0.25, -0.2) is 9.50 Å². The number of hydrogen-bond acceptors (Lipinski definition) is 4. The molecule has 106 valence electrons. The summed E-state index contributed by atoms with van der Waals surface area (Å²) in [5.41, 5.74) is 3.19. The predicted octanol–water partition coefficient (Wildman–Crippen LogP) is 2.26. The largest absolute Gasteiger partial charge is 0.317 e. The molecule has 5 nitrogen and oxygen atoms in total. The van der Waals surface area contributed by atoms with E-state index in [1.54, 1.807) is 12.4 Å². The van der Waals surface area contributed by atoms with Crippen LogP contribution in [0.3, 0.4) is 0 Å². The van der Waals surface area contributed by atoms with E-state index >= 15 is 0 Å². The molecule has 0 saturated carbocycles. The lowest BCUT2D eigenvalue weighted by Gasteiger charge is -2.19. The normalized spacial score (nSPS) is 16.4. The third-order valence-corrected chi connectivity index (χ3v) is 4.07. The second-order valence-electron chi connectivity index (χ2n) is 5.45. The Morgan fingerprint density at radius 1 is 1.00 bits per heavy atom. The summed E-state index contributed by atoms with van der Waals surface area (Å²) >= 11 is 0. The summed E-state index contributed by atoms with van der Waals surface area (Å²) in [6.07, 6.45) is 7.90. The van der Waals surface area contributed by atoms with Gasteiger partial charge in [-0.05, 0) is 55.8 Å². The molecular weight excluding hydrogens is 262 g/mol. The van der Waals surface area contributed by atoms with Crippen LogP contribution in [-0.2, 0) is 0 Å². The Bertz CT molecular complexity index is 744. The first-order valence-electron chi connectivity index (χ1n) is 7.37. The molecule has 0 amide bonds. The molecule has 0 unspecified atom stereocenters. The van der Waals surface area contributed by atoms with Crippen molar-refractivity contribution in [1.82, 2.24) is 24.9 Å². The first-order chi connectivity index (χ1) is 10.4. The van der Waals surface area contributed by atoms with Gasteiger partial charge >= 0.3 is 0 Å². The molecule has 1 aliphatic heterocycles. The molecule has 4 heterocycles. The summed E-state index contributed by atoms with van der Waals surface area (Å²) in [6, 6.07) is 8.14. The van der Waals surface area contributed by atoms with Gasteiger partial charge in [0.2, 0.25) is 0 Å². The number of aromatic nitrogens is 4. The Balaban J connectivity index is 1.71. The highest BCUT2D eigenvalue weighted by Crippen LogP contribution is 2.24. The molecule has 4 rings (SSSR count). The van der Waals surface area contributed by atoms with E-state index in [1.165, 1.54) is 0 Å². The zero-order valence-corrected chi connectivity index (χ0v) is 11.7. The zero-order chi connectivity index (χ0) is 14.1. The van der Waals surface area contributed by atoms with Gasteiger partial charge in [0.1, 0.15) is 0 Å². The minimum atomic E-state index is 0.482. The highest BCUT2D eigenvalue weighted by atomic mass is 15.3. The van der Waals surface area contributed by atoms with Gasteiger partial charge in [0, 0.05) is 30.1 Å². The fraction of sp³-hybridized carbons (Fsp3) is 0.312. The molecule has 1 N–H and O–H groups in total. The van der Waals surface area contributed by atoms with Gasteiger partial charge in [-0.1, -0.05) is 0 Å². The molecule has 21 heavy (non-hydrogen) atoms. The van der Waals surface area contributed by atoms with Gasteiger partial charge in [-0.3, -0.25) is 4.98 Å². The summed E-state index contributed by atoms with van der Waals surface area (Å²) in [5.74, 6) is 1.46. The number of fused-ring (bicyclic) bond motifs is 1. The molecular formula is C16H17N5. The van der Waals surface area contributed by atoms with Crippen LogP contribution in [0.4, 0.5) is 0 Å². The van der Waals surface area contributed by atoms with E-state index in [-0.39, 0.29) is 0 Å². The zero-order valence-electron chi connectivity index (χ0n) is 11.7. The quantitative estimate of drug-likeness (QED) is 0.782. The van der Waals surface area contributed by atoms with Crippen molar-refractivity contribution in [3.63, 3.8) is 0 Å². The molecule has 1 aliphatic rings. The van der Waals surface area contributed by atoms with Gasteiger partial charge in [-0.15, -0.1) is 0 Å². The smallest absolute Gasteiger partial charge is 0.155 e. The molecule has 0 spiro atoms. The van der Waals surface area contributed by atoms with Gasteiger partial charge in [0.25, 0.3) is 0 Å². The van der Waals surface area contributed by atoms with E-state index in [1.807, 2.05) is 28.9 Å². The lowest BCUT2D eigenvalue weighted by atomic mass is 9.98. The number of nitrogens with zero attached hydrogens (tertiary/aromatic N) is 4. The summed E-state index contributed by atoms with van der Waals surface area (Å²) in [5, 5.41) is 8.07. The van der Waals surface area contributed by atoms with E-state index in [0.717, 1.165) is 48.5 Å². The maximum atomic E-state index is 4.68. The first kappa shape index (κ1) is 12.5. The van der Waals surface area contributed by atoms with Gasteiger partial charge < -0.3 is 5.32 Å². The van der Waals surface area contributed by atoms with Crippen molar-refractivity contribution in [3.05, 3.63) is 48.7 Å². The minimum absolute atomic E-state index is 0.482. The molecule has 3 aromatic rings. The van der Waals surface area contributed by atoms with E-state index < -0.39 is 0 Å². The van der Waals surface area contributed by atoms with Gasteiger partial charge in [0.15, 0.2) is 11.5 Å². The Kier molecular flexibility index (Phi) is 3.12. The lowest BCUT2D eigenvalue weighted by Crippen LogP contribution is -2.27. The van der Waals surface area contributed by atoms with Crippen LogP contribution in [0.15, 0.2) is 42.9 Å². The van der Waals surface area contributed by atoms with Crippen molar-refractivity contribution in [2.24, 2.45) is 0 Å². The average molecular weight is 279 g/mol. The fourth-order valence-electron chi connectivity index (χ4n) is 2.87. The van der Waals surface area contributed by atoms with E-state index in [0.29, 0.717) is 5.92 Å². The maximum absolute atomic E-state index is 4.68. The average Bonchev–Trinajstić information content (AvgIpc) is 2.99. The second kappa shape index (κ2) is 5.26. The molecule has 0 aliphatic carbocycles. The number of piperidine rings is 1. The summed E-state index contributed by atoms with van der Waals surface area (Å²) < 4.78 is 1.90. The molecule has 0 radical (unpaired) electrons. The monoisotopic (exact) mass is 279 g/mol. The van der Waals surface area contributed by atoms with Crippen molar-refractivity contribution >= 4 is 5.65 Å². The maximum Gasteiger partial charge on any atom is 0.155 e. The van der Waals surface area contributed by atoms with Crippen molar-refractivity contribution in [2.75, 3.05) is 13.1 Å². The molecule has 1 saturated heterocycles. The van der Waals surface area contributed by atoms with Crippen LogP contribution >= 0.6 is 0 Å². The van der Waals surface area contributed by atoms with Crippen LogP contribution in [0, 0.1) is 0 Å². The van der Waals surface area contributed by atoms with E-state index in [4.69, 9.17) is 0 Å². The Labute approximate surface area is 123 Å². The minimum Gasteiger partial charge on any atom is -0.317 e. The highest BCUT2D eigenvalue weighted by molar-refractivity contribution is 5.63. The molecule has 3 aromatic heterocycles. The van der Waals surface area contributed by atoms with Gasteiger partial charge in [-0.2, -0.15) is 5.10 Å². The van der Waals surface area contributed by atoms with E-state index in [2.05, 4.69) is 26.4 Å². The molecule has 0 atom stereocenters. The van der Waals surface area contributed by atoms with Crippen molar-refractivity contribution in [2.45, 2.75) is 18.8 Å². The number of hydrogen-bond donors (Lipinski definition) is 1. The number of nitrogens with one attached hydrogen (secondary N) is 1. The third kappa shape index (κ3) is 2.40. The fourth-order valence-corrected chi connectivity index (χ4v) is 2.87. The number of rotatable bonds is 2. The first-order valence-corrected chi connectivity index (χ1v) is 7.37. The predicted molar refractivity (Wildman–Crippen MR) is 81.1 cm³/mol. The Morgan fingerprint density at radius 3 is 2.62 bits per heavy atom. The highest BCUT2D eigenvalue weighted by Gasteiger charge is 2.19. The summed E-state index contributed by atoms with van der Waals surface area (Å²) in [7, 11) is 0. The standard InChI is InChI=1S/C16H17N5/c1-2-15-19-16(13-5-9-18-10-6-13)20-21(15)11-14(1)12-3-7-17-8-4-12/h1-4,7-8,11,13,18H,5-6,9-10H2. The summed E-state index contributed by atoms with van der Waals surface area (Å²) in [4.78, 5) is 8.74. The SMILES string of the molecule is c1cc(-c2ccc3nc(C4CCNCC4)nn3c2)ccn1. The Hall–Kier alpha value is -2.27. The second-order valence-corrected chi connectivity index (χ2v) is 5.45. The van der Waals surface area contributed by atoms with Crippen molar-refractivity contribution in [1.29, 1.82) is 0 Å². The van der Waals surface area contributed by atoms with Crippen molar-refractivity contribution in [3.8, 4) is 11.1 Å². The van der Waals surface area contributed by atoms with Crippen LogP contribution in [0.25, 0.3) is 16.8 Å². The van der Waals surface area contributed by atoms with Crippen LogP contribution in [0.1, 0.15) is 24.6 Å². The van der Waals surface area contributed by atoms with E-state index in [9.17, 15) is 0 Å². The molecule has 5 heteroatoms. The van der Waals surface area contributed by atoms with Crippen LogP contribution in [0.2, 0.25) is 0 Å². The van der Waals surface area contributed by atoms with Crippen molar-refractivity contribution < 1.29 is 0 Å². The Morgan fingerprint density at radius 2 is 1.81 bits per heavy atom. The molecule has 0 bridgehead atoms. The molecule has 0 aromatic carbocycles. The van der Waals surface area contributed by atoms with Gasteiger partial charge in [0.05, 0.1) is 0 Å². The van der Waals surface area contributed by atoms with Crippen LogP contribution in [-0.4, -0.2) is 32.7 Å². The molecule has 1 fully saturated rings. The summed E-state index contributed by atoms with van der Waals surface area (Å²) in [6.45, 7) is 2.12. The topological polar surface area (TPSA) is 55.1 Å². The lowest BCUT2D eigenvalue weighted by molar-refractivity contribution is 0.445.